The van der Waals surface area contributed by atoms with Crippen LogP contribution in [0, 0.1) is 0 Å². The van der Waals surface area contributed by atoms with E-state index in [1.54, 1.807) is 0 Å². The van der Waals surface area contributed by atoms with E-state index in [-0.39, 0.29) is 12.3 Å². The molecule has 0 radical (unpaired) electrons. The molecule has 2 atom stereocenters. The molecule has 4 heteroatoms. The third kappa shape index (κ3) is 5.68. The van der Waals surface area contributed by atoms with Gasteiger partial charge in [-0.05, 0) is 107 Å². The average Bonchev–Trinajstić information content (AvgIpc) is 3.69. The Morgan fingerprint density at radius 3 is 1.95 bits per heavy atom. The van der Waals surface area contributed by atoms with Gasteiger partial charge >= 0.3 is 0 Å². The zero-order valence-corrected chi connectivity index (χ0v) is 32.1. The van der Waals surface area contributed by atoms with Crippen molar-refractivity contribution in [1.82, 2.24) is 10.6 Å². The van der Waals surface area contributed by atoms with Crippen molar-refractivity contribution in [2.45, 2.75) is 12.3 Å². The number of benzene rings is 10. The highest BCUT2D eigenvalue weighted by Crippen LogP contribution is 2.42. The summed E-state index contributed by atoms with van der Waals surface area (Å²) in [6.07, 6.45) is -0.466. The van der Waals surface area contributed by atoms with Gasteiger partial charge in [0.05, 0.1) is 0 Å². The van der Waals surface area contributed by atoms with E-state index in [9.17, 15) is 0 Å². The van der Waals surface area contributed by atoms with E-state index in [2.05, 4.69) is 211 Å². The van der Waals surface area contributed by atoms with Gasteiger partial charge in [0, 0.05) is 16.3 Å². The predicted octanol–water partition coefficient (Wildman–Crippen LogP) is 13.9. The van der Waals surface area contributed by atoms with E-state index in [0.29, 0.717) is 0 Å². The number of nitrogens with zero attached hydrogens (tertiary/aromatic N) is 1. The Morgan fingerprint density at radius 2 is 1.07 bits per heavy atom. The summed E-state index contributed by atoms with van der Waals surface area (Å²) in [5, 5.41) is 19.7. The number of rotatable bonds is 5. The number of furan rings is 1. The molecule has 11 aromatic rings. The topological polar surface area (TPSA) is 49.6 Å². The second kappa shape index (κ2) is 13.6. The molecule has 0 saturated carbocycles. The van der Waals surface area contributed by atoms with Crippen LogP contribution in [0.5, 0.6) is 0 Å². The number of amidine groups is 1. The van der Waals surface area contributed by atoms with Crippen molar-refractivity contribution in [2.24, 2.45) is 4.99 Å². The van der Waals surface area contributed by atoms with Crippen LogP contribution in [-0.2, 0) is 0 Å². The molecule has 4 nitrogen and oxygen atoms in total. The summed E-state index contributed by atoms with van der Waals surface area (Å²) in [4.78, 5) is 5.32. The molecular weight excluding hydrogens is 719 g/mol. The standard InChI is InChI=1S/C55H37N3O/c1-2-13-37(14-3-1)53-56-54(41-26-24-36-23-22-35-12-6-7-16-42(35)48(36)33-41)58-55(57-53)47-29-28-45(43-17-8-9-18-44(43)47)46-19-10-20-51-52(46)49-32-40(27-30-50(49)59-51)39-25-21-34-11-4-5-15-38(34)31-39/h1-33,53,55,57H,(H,56,58). The summed E-state index contributed by atoms with van der Waals surface area (Å²) >= 11 is 0. The summed E-state index contributed by atoms with van der Waals surface area (Å²) in [7, 11) is 0. The highest BCUT2D eigenvalue weighted by Gasteiger charge is 2.27. The summed E-state index contributed by atoms with van der Waals surface area (Å²) in [6.45, 7) is 0. The molecule has 2 unspecified atom stereocenters. The van der Waals surface area contributed by atoms with Crippen molar-refractivity contribution in [2.75, 3.05) is 0 Å². The van der Waals surface area contributed by atoms with Crippen LogP contribution in [-0.4, -0.2) is 5.84 Å². The fraction of sp³-hybridized carbons (Fsp3) is 0.0364. The number of hydrogen-bond acceptors (Lipinski definition) is 4. The molecule has 10 aromatic carbocycles. The Labute approximate surface area is 341 Å². The Morgan fingerprint density at radius 1 is 0.407 bits per heavy atom. The molecule has 1 aromatic heterocycles. The molecular formula is C55H37N3O. The molecule has 278 valence electrons. The maximum atomic E-state index is 6.53. The average molecular weight is 756 g/mol. The quantitative estimate of drug-likeness (QED) is 0.172. The van der Waals surface area contributed by atoms with Crippen LogP contribution in [0.25, 0.3) is 87.3 Å². The fourth-order valence-electron chi connectivity index (χ4n) is 9.23. The van der Waals surface area contributed by atoms with E-state index in [1.165, 1.54) is 59.8 Å². The van der Waals surface area contributed by atoms with Crippen molar-refractivity contribution < 1.29 is 4.42 Å². The number of hydrogen-bond donors (Lipinski definition) is 2. The maximum absolute atomic E-state index is 6.53. The third-order valence-corrected chi connectivity index (χ3v) is 12.1. The van der Waals surface area contributed by atoms with Crippen LogP contribution in [0.15, 0.2) is 210 Å². The molecule has 2 N–H and O–H groups in total. The van der Waals surface area contributed by atoms with E-state index in [0.717, 1.165) is 50.0 Å². The summed E-state index contributed by atoms with van der Waals surface area (Å²) in [5.41, 5.74) is 9.77. The van der Waals surface area contributed by atoms with Crippen LogP contribution in [0.3, 0.4) is 0 Å². The van der Waals surface area contributed by atoms with Gasteiger partial charge in [-0.3, -0.25) is 5.32 Å². The minimum absolute atomic E-state index is 0.218. The highest BCUT2D eigenvalue weighted by molar-refractivity contribution is 6.16. The molecule has 12 rings (SSSR count). The zero-order valence-electron chi connectivity index (χ0n) is 32.1. The summed E-state index contributed by atoms with van der Waals surface area (Å²) in [5.74, 6) is 0.863. The van der Waals surface area contributed by atoms with Crippen molar-refractivity contribution >= 4 is 70.9 Å². The summed E-state index contributed by atoms with van der Waals surface area (Å²) in [6, 6.07) is 71.8. The number of fused-ring (bicyclic) bond motifs is 8. The van der Waals surface area contributed by atoms with Crippen LogP contribution in [0.4, 0.5) is 0 Å². The van der Waals surface area contributed by atoms with Crippen LogP contribution in [0.1, 0.15) is 29.0 Å². The van der Waals surface area contributed by atoms with Crippen LogP contribution < -0.4 is 10.6 Å². The Hall–Kier alpha value is -7.53. The summed E-state index contributed by atoms with van der Waals surface area (Å²) < 4.78 is 6.53. The van der Waals surface area contributed by atoms with Gasteiger partial charge in [0.2, 0.25) is 0 Å². The smallest absolute Gasteiger partial charge is 0.136 e. The number of aliphatic imine (C=N–C) groups is 1. The Kier molecular flexibility index (Phi) is 7.72. The number of nitrogens with one attached hydrogen (secondary N) is 2. The predicted molar refractivity (Wildman–Crippen MR) is 246 cm³/mol. The van der Waals surface area contributed by atoms with E-state index in [1.807, 2.05) is 0 Å². The molecule has 1 aliphatic rings. The first-order valence-electron chi connectivity index (χ1n) is 20.3. The minimum Gasteiger partial charge on any atom is -0.456 e. The van der Waals surface area contributed by atoms with Gasteiger partial charge in [-0.1, -0.05) is 170 Å². The highest BCUT2D eigenvalue weighted by atomic mass is 16.3. The lowest BCUT2D eigenvalue weighted by atomic mass is 9.91. The first-order chi connectivity index (χ1) is 29.2. The second-order valence-corrected chi connectivity index (χ2v) is 15.6. The molecule has 0 saturated heterocycles. The van der Waals surface area contributed by atoms with Gasteiger partial charge < -0.3 is 9.73 Å². The normalized spacial score (nSPS) is 15.6. The Bertz CT molecular complexity index is 3470. The SMILES string of the molecule is c1ccc(C2N=C(c3ccc4ccc5ccccc5c4c3)NC(c3ccc(-c4cccc5oc6ccc(-c7ccc8ccccc8c7)cc6c45)c4ccccc34)N2)cc1. The van der Waals surface area contributed by atoms with Gasteiger partial charge in [-0.2, -0.15) is 0 Å². The molecule has 0 aliphatic carbocycles. The van der Waals surface area contributed by atoms with Gasteiger partial charge in [0.1, 0.15) is 29.3 Å². The largest absolute Gasteiger partial charge is 0.456 e. The molecule has 2 heterocycles. The minimum atomic E-state index is -0.248. The lowest BCUT2D eigenvalue weighted by molar-refractivity contribution is 0.411. The van der Waals surface area contributed by atoms with Crippen molar-refractivity contribution in [3.63, 3.8) is 0 Å². The van der Waals surface area contributed by atoms with Gasteiger partial charge in [0.25, 0.3) is 0 Å². The van der Waals surface area contributed by atoms with Gasteiger partial charge in [-0.15, -0.1) is 0 Å². The van der Waals surface area contributed by atoms with E-state index < -0.39 is 0 Å². The van der Waals surface area contributed by atoms with E-state index in [4.69, 9.17) is 9.41 Å². The molecule has 0 amide bonds. The molecule has 1 aliphatic heterocycles. The molecule has 0 spiro atoms. The van der Waals surface area contributed by atoms with Crippen molar-refractivity contribution in [1.29, 1.82) is 0 Å². The van der Waals surface area contributed by atoms with Crippen LogP contribution in [0.2, 0.25) is 0 Å². The van der Waals surface area contributed by atoms with Crippen molar-refractivity contribution in [3.05, 3.63) is 217 Å². The fourth-order valence-corrected chi connectivity index (χ4v) is 9.23. The molecule has 0 bridgehead atoms. The first-order valence-corrected chi connectivity index (χ1v) is 20.3. The zero-order chi connectivity index (χ0) is 38.9. The van der Waals surface area contributed by atoms with Gasteiger partial charge in [-0.25, -0.2) is 4.99 Å². The Balaban J connectivity index is 0.982. The second-order valence-electron chi connectivity index (χ2n) is 15.6. The van der Waals surface area contributed by atoms with Crippen molar-refractivity contribution in [3.8, 4) is 22.3 Å². The van der Waals surface area contributed by atoms with Crippen LogP contribution >= 0.6 is 0 Å². The lowest BCUT2D eigenvalue weighted by Crippen LogP contribution is -2.45. The van der Waals surface area contributed by atoms with Gasteiger partial charge in [0.15, 0.2) is 0 Å². The lowest BCUT2D eigenvalue weighted by Gasteiger charge is -2.33. The van der Waals surface area contributed by atoms with E-state index >= 15 is 0 Å². The first kappa shape index (κ1) is 33.6. The molecule has 0 fully saturated rings. The molecule has 59 heavy (non-hydrogen) atoms. The maximum Gasteiger partial charge on any atom is 0.136 e. The third-order valence-electron chi connectivity index (χ3n) is 12.1. The monoisotopic (exact) mass is 755 g/mol.